The highest BCUT2D eigenvalue weighted by Crippen LogP contribution is 2.55. The first kappa shape index (κ1) is 68.2. The number of furan rings is 3. The van der Waals surface area contributed by atoms with E-state index in [0.29, 0.717) is 0 Å². The van der Waals surface area contributed by atoms with E-state index < -0.39 is 0 Å². The van der Waals surface area contributed by atoms with Gasteiger partial charge in [-0.05, 0) is 193 Å². The fourth-order valence-corrected chi connectivity index (χ4v) is 22.3. The van der Waals surface area contributed by atoms with Crippen molar-refractivity contribution in [3.63, 3.8) is 0 Å². The molecule has 2 aliphatic rings. The van der Waals surface area contributed by atoms with E-state index in [1.54, 1.807) is 0 Å². The van der Waals surface area contributed by atoms with Crippen molar-refractivity contribution in [1.29, 1.82) is 0 Å². The highest BCUT2D eigenvalue weighted by atomic mass is 16.3. The minimum absolute atomic E-state index is 0.00737. The third-order valence-electron chi connectivity index (χ3n) is 28.1. The zero-order valence-electron chi connectivity index (χ0n) is 68.5. The lowest BCUT2D eigenvalue weighted by Crippen LogP contribution is -2.14. The minimum atomic E-state index is -0.0447. The van der Waals surface area contributed by atoms with Crippen LogP contribution in [0.1, 0.15) is 49.9 Å². The topological polar surface area (TPSA) is 130 Å². The molecule has 29 aromatic rings. The van der Waals surface area contributed by atoms with Gasteiger partial charge in [-0.3, -0.25) is 13.2 Å². The minimum Gasteiger partial charge on any atom is -0.455 e. The van der Waals surface area contributed by atoms with Crippen molar-refractivity contribution in [1.82, 2.24) is 43.1 Å². The normalized spacial score (nSPS) is 13.7. The molecule has 0 saturated heterocycles. The Hall–Kier alpha value is -16.4. The van der Waals surface area contributed by atoms with Crippen LogP contribution in [0.15, 0.2) is 347 Å². The van der Waals surface area contributed by atoms with Gasteiger partial charge in [-0.2, -0.15) is 0 Å². The first-order valence-corrected chi connectivity index (χ1v) is 43.1. The number of rotatable bonds is 3. The van der Waals surface area contributed by atoms with Crippen LogP contribution < -0.4 is 0 Å². The zero-order valence-corrected chi connectivity index (χ0v) is 68.5. The summed E-state index contributed by atoms with van der Waals surface area (Å²) in [6.45, 7) is 9.35. The van der Waals surface area contributed by atoms with Gasteiger partial charge in [-0.1, -0.05) is 246 Å². The van der Waals surface area contributed by atoms with E-state index in [-0.39, 0.29) is 10.8 Å². The van der Waals surface area contributed by atoms with Crippen molar-refractivity contribution in [2.24, 2.45) is 0 Å². The molecule has 0 amide bonds. The number of hydrogen-bond acceptors (Lipinski definition) is 9. The molecule has 0 fully saturated rings. The van der Waals surface area contributed by atoms with E-state index in [9.17, 15) is 0 Å². The fourth-order valence-electron chi connectivity index (χ4n) is 22.3. The van der Waals surface area contributed by atoms with Gasteiger partial charge in [0.05, 0.1) is 82.4 Å². The lowest BCUT2D eigenvalue weighted by atomic mass is 9.81. The van der Waals surface area contributed by atoms with E-state index in [4.69, 9.17) is 43.2 Å². The summed E-state index contributed by atoms with van der Waals surface area (Å²) in [5.41, 5.74) is 40.7. The van der Waals surface area contributed by atoms with Crippen LogP contribution in [-0.2, 0) is 10.8 Å². The van der Waals surface area contributed by atoms with Crippen LogP contribution >= 0.6 is 0 Å². The van der Waals surface area contributed by atoms with Crippen LogP contribution in [0.25, 0.3) is 270 Å². The van der Waals surface area contributed by atoms with Crippen molar-refractivity contribution in [2.75, 3.05) is 0 Å². The van der Waals surface area contributed by atoms with E-state index in [2.05, 4.69) is 265 Å². The van der Waals surface area contributed by atoms with E-state index in [1.165, 1.54) is 110 Å². The SMILES string of the molecule is CC1(C)c2ccccc2-c2cc(-c3ccc4c(c3)c3cc5c6ccccc6oc5c5c6nc7ccccc7nc6n4c35)ccc21.CC1(C)c2ccccc2-c2ccc(-c3ccc4c(c3)c3cc5c6ccccc6oc5c5c6nc7ccccc7nc6n4c35)cc21.c1ccc(-c2ccc3c4cc5c6ccccc6oc5c5c6nc7ccccc7nc6n(c3c2)c45)cc1. The molecule has 0 saturated carbocycles. The third kappa shape index (κ3) is 8.99. The maximum absolute atomic E-state index is 6.58. The summed E-state index contributed by atoms with van der Waals surface area (Å²) in [6, 6.07) is 119. The average Bonchev–Trinajstić information content (AvgIpc) is 1.53. The summed E-state index contributed by atoms with van der Waals surface area (Å²) in [4.78, 5) is 31.0. The van der Waals surface area contributed by atoms with Crippen LogP contribution in [0.2, 0.25) is 0 Å². The second-order valence-electron chi connectivity index (χ2n) is 35.5. The van der Waals surface area contributed by atoms with Gasteiger partial charge in [-0.25, -0.2) is 29.9 Å². The Morgan fingerprint density at radius 1 is 0.214 bits per heavy atom. The summed E-state index contributed by atoms with van der Waals surface area (Å²) >= 11 is 0. The number of fused-ring (bicyclic) bond motifs is 39. The predicted octanol–water partition coefficient (Wildman–Crippen LogP) is 29.7. The second-order valence-corrected chi connectivity index (χ2v) is 35.5. The van der Waals surface area contributed by atoms with Crippen molar-refractivity contribution in [3.05, 3.63) is 356 Å². The maximum atomic E-state index is 6.58. The molecule has 126 heavy (non-hydrogen) atoms. The van der Waals surface area contributed by atoms with E-state index in [1.807, 2.05) is 109 Å². The van der Waals surface area contributed by atoms with E-state index >= 15 is 0 Å². The molecule has 17 aromatic carbocycles. The van der Waals surface area contributed by atoms with Crippen LogP contribution in [0, 0.1) is 0 Å². The monoisotopic (exact) mass is 1610 g/mol. The highest BCUT2D eigenvalue weighted by Gasteiger charge is 2.38. The highest BCUT2D eigenvalue weighted by molar-refractivity contribution is 6.36. The Morgan fingerprint density at radius 3 is 1.04 bits per heavy atom. The van der Waals surface area contributed by atoms with Gasteiger partial charge in [0, 0.05) is 75.5 Å². The summed E-state index contributed by atoms with van der Waals surface area (Å²) in [5.74, 6) is 0. The average molecular weight is 1610 g/mol. The second kappa shape index (κ2) is 24.3. The lowest BCUT2D eigenvalue weighted by Gasteiger charge is -2.22. The molecule has 31 rings (SSSR count). The summed E-state index contributed by atoms with van der Waals surface area (Å²) in [5, 5.41) is 17.0. The van der Waals surface area contributed by atoms with Gasteiger partial charge in [0.15, 0.2) is 16.9 Å². The molecular formula is C114H67N9O3. The van der Waals surface area contributed by atoms with Gasteiger partial charge in [-0.15, -0.1) is 0 Å². The smallest absolute Gasteiger partial charge is 0.165 e. The lowest BCUT2D eigenvalue weighted by molar-refractivity contribution is 0.660. The van der Waals surface area contributed by atoms with Gasteiger partial charge in [0.2, 0.25) is 0 Å². The summed E-state index contributed by atoms with van der Waals surface area (Å²) < 4.78 is 26.5. The van der Waals surface area contributed by atoms with E-state index in [0.717, 1.165) is 182 Å². The van der Waals surface area contributed by atoms with Crippen molar-refractivity contribution >= 4 is 214 Å². The summed E-state index contributed by atoms with van der Waals surface area (Å²) in [6.07, 6.45) is 0. The zero-order chi connectivity index (χ0) is 82.6. The van der Waals surface area contributed by atoms with Gasteiger partial charge < -0.3 is 13.3 Å². The van der Waals surface area contributed by atoms with Crippen molar-refractivity contribution < 1.29 is 13.3 Å². The summed E-state index contributed by atoms with van der Waals surface area (Å²) in [7, 11) is 0. The Morgan fingerprint density at radius 2 is 0.556 bits per heavy atom. The van der Waals surface area contributed by atoms with Gasteiger partial charge in [0.25, 0.3) is 0 Å². The van der Waals surface area contributed by atoms with Crippen molar-refractivity contribution in [2.45, 2.75) is 38.5 Å². The molecule has 0 unspecified atom stereocenters. The number of nitrogens with zero attached hydrogens (tertiary/aromatic N) is 9. The van der Waals surface area contributed by atoms with Crippen LogP contribution in [0.5, 0.6) is 0 Å². The van der Waals surface area contributed by atoms with Gasteiger partial charge in [0.1, 0.15) is 50.0 Å². The molecule has 0 aliphatic heterocycles. The van der Waals surface area contributed by atoms with Crippen molar-refractivity contribution in [3.8, 4) is 55.6 Å². The third-order valence-corrected chi connectivity index (χ3v) is 28.1. The van der Waals surface area contributed by atoms with Crippen LogP contribution in [-0.4, -0.2) is 43.1 Å². The Labute approximate surface area is 715 Å². The predicted molar refractivity (Wildman–Crippen MR) is 516 cm³/mol. The molecule has 2 aliphatic carbocycles. The Bertz CT molecular complexity index is 9910. The molecule has 12 heterocycles. The number of benzene rings is 17. The molecular weight excluding hydrogens is 1540 g/mol. The Kier molecular flexibility index (Phi) is 13.1. The van der Waals surface area contributed by atoms with Gasteiger partial charge >= 0.3 is 0 Å². The molecule has 12 aromatic heterocycles. The molecule has 12 nitrogen and oxygen atoms in total. The largest absolute Gasteiger partial charge is 0.455 e. The molecule has 586 valence electrons. The molecule has 0 spiro atoms. The number of hydrogen-bond donors (Lipinski definition) is 0. The first-order chi connectivity index (χ1) is 62.0. The standard InChI is InChI=1S/2C41H25N3O.C32H17N3O/c1-41(2)30-11-5-3-9-24(30)25-17-15-23(20-31(25)41)22-16-18-34-27(19-22)28-21-29-26-10-4-8-14-35(26)45-39(29)36-37-40(44(34)38(28)36)43-33-13-7-6-12-32(33)42-37;1-41(2)30-11-5-3-9-24(30)26-19-22(15-17-31(26)41)23-16-18-34-27(20-23)28-21-29-25-10-4-8-14-35(25)45-39(29)36-37-40(44(34)38(28)36)43-33-13-7-6-12-32(33)42-37;1-2-8-18(9-3-1)19-14-15-20-22-17-23-21-10-4-7-13-27(21)36-31(23)28-29-32(35(30(22)28)26(20)16-19)34-25-12-6-5-11-24(25)33-29/h2*3-21H,1-2H3;1-17H. The molecule has 0 radical (unpaired) electrons. The maximum Gasteiger partial charge on any atom is 0.165 e. The number of para-hydroxylation sites is 9. The van der Waals surface area contributed by atoms with Crippen LogP contribution in [0.3, 0.4) is 0 Å². The molecule has 0 N–H and O–H groups in total. The molecule has 0 atom stereocenters. The van der Waals surface area contributed by atoms with Crippen LogP contribution in [0.4, 0.5) is 0 Å². The molecule has 12 heteroatoms. The quantitative estimate of drug-likeness (QED) is 0.170. The first-order valence-electron chi connectivity index (χ1n) is 43.1. The molecule has 0 bridgehead atoms. The number of aromatic nitrogens is 9. The fraction of sp³-hybridized carbons (Fsp3) is 0.0526. The Balaban J connectivity index is 0.0000000948.